The molecule has 0 fully saturated rings. The lowest BCUT2D eigenvalue weighted by Gasteiger charge is -2.07. The lowest BCUT2D eigenvalue weighted by molar-refractivity contribution is -0.118. The molecule has 6 nitrogen and oxygen atoms in total. The van der Waals surface area contributed by atoms with Crippen molar-refractivity contribution in [1.82, 2.24) is 15.3 Å². The number of carbonyl (C=O) groups excluding carboxylic acids is 1. The van der Waals surface area contributed by atoms with E-state index in [9.17, 15) is 9.90 Å². The van der Waals surface area contributed by atoms with Crippen LogP contribution in [0, 0.1) is 0 Å². The predicted octanol–water partition coefficient (Wildman–Crippen LogP) is 2.81. The van der Waals surface area contributed by atoms with Gasteiger partial charge in [-0.15, -0.1) is 0 Å². The molecule has 0 saturated heterocycles. The van der Waals surface area contributed by atoms with Crippen molar-refractivity contribution < 1.29 is 14.6 Å². The molecule has 3 aromatic rings. The van der Waals surface area contributed by atoms with Crippen LogP contribution in [-0.2, 0) is 11.2 Å². The first-order chi connectivity index (χ1) is 11.6. The van der Waals surface area contributed by atoms with Gasteiger partial charge >= 0.3 is 0 Å². The second-order valence-corrected chi connectivity index (χ2v) is 5.36. The lowest BCUT2D eigenvalue weighted by atomic mass is 10.1. The highest BCUT2D eigenvalue weighted by molar-refractivity contribution is 5.80. The first-order valence-corrected chi connectivity index (χ1v) is 7.57. The molecule has 0 spiro atoms. The van der Waals surface area contributed by atoms with E-state index in [2.05, 4.69) is 21.4 Å². The van der Waals surface area contributed by atoms with E-state index in [1.165, 1.54) is 19.2 Å². The van der Waals surface area contributed by atoms with Crippen LogP contribution in [0.4, 0.5) is 0 Å². The molecule has 122 valence electrons. The summed E-state index contributed by atoms with van der Waals surface area (Å²) < 4.78 is 5.63. The van der Waals surface area contributed by atoms with E-state index in [-0.39, 0.29) is 11.8 Å². The number of aromatic hydroxyl groups is 1. The summed E-state index contributed by atoms with van der Waals surface area (Å²) in [5.74, 6) is 0.885. The number of fused-ring (bicyclic) bond motifs is 1. The molecule has 0 aliphatic heterocycles. The van der Waals surface area contributed by atoms with Crippen LogP contribution in [0.1, 0.15) is 12.5 Å². The van der Waals surface area contributed by atoms with Gasteiger partial charge in [-0.1, -0.05) is 6.07 Å². The van der Waals surface area contributed by atoms with E-state index in [1.54, 1.807) is 12.1 Å². The smallest absolute Gasteiger partial charge is 0.219 e. The minimum atomic E-state index is -0.0550. The number of aromatic nitrogens is 2. The number of amides is 1. The zero-order valence-corrected chi connectivity index (χ0v) is 13.2. The maximum absolute atomic E-state index is 10.9. The van der Waals surface area contributed by atoms with Crippen molar-refractivity contribution >= 4 is 16.8 Å². The number of nitrogens with one attached hydrogen (secondary N) is 1. The molecule has 0 atom stereocenters. The van der Waals surface area contributed by atoms with E-state index in [4.69, 9.17) is 4.74 Å². The van der Waals surface area contributed by atoms with E-state index >= 15 is 0 Å². The third-order valence-corrected chi connectivity index (χ3v) is 3.46. The van der Waals surface area contributed by atoms with Crippen LogP contribution in [0.15, 0.2) is 48.7 Å². The van der Waals surface area contributed by atoms with Gasteiger partial charge in [-0.3, -0.25) is 4.79 Å². The van der Waals surface area contributed by atoms with Gasteiger partial charge in [-0.25, -0.2) is 9.97 Å². The molecular formula is C18H17N3O3. The highest BCUT2D eigenvalue weighted by atomic mass is 16.5. The lowest BCUT2D eigenvalue weighted by Crippen LogP contribution is -2.22. The molecule has 0 unspecified atom stereocenters. The van der Waals surface area contributed by atoms with Crippen molar-refractivity contribution in [3.8, 4) is 17.5 Å². The SMILES string of the molecule is CC(=O)NCCc1ccc2nc(Oc3ccc(O)nc3)ccc2c1. The number of hydrogen-bond donors (Lipinski definition) is 2. The van der Waals surface area contributed by atoms with Gasteiger partial charge < -0.3 is 15.2 Å². The van der Waals surface area contributed by atoms with Crippen LogP contribution in [0.2, 0.25) is 0 Å². The Bertz CT molecular complexity index is 863. The molecule has 6 heteroatoms. The molecule has 1 aromatic carbocycles. The van der Waals surface area contributed by atoms with Crippen LogP contribution in [0.25, 0.3) is 10.9 Å². The van der Waals surface area contributed by atoms with Gasteiger partial charge in [-0.2, -0.15) is 0 Å². The summed E-state index contributed by atoms with van der Waals surface area (Å²) in [6, 6.07) is 12.8. The molecule has 0 radical (unpaired) electrons. The van der Waals surface area contributed by atoms with Crippen LogP contribution in [-0.4, -0.2) is 27.5 Å². The topological polar surface area (TPSA) is 84.3 Å². The van der Waals surface area contributed by atoms with Gasteiger partial charge in [0.05, 0.1) is 11.7 Å². The van der Waals surface area contributed by atoms with Gasteiger partial charge in [-0.05, 0) is 36.2 Å². The normalized spacial score (nSPS) is 10.5. The van der Waals surface area contributed by atoms with Crippen molar-refractivity contribution in [3.63, 3.8) is 0 Å². The van der Waals surface area contributed by atoms with Gasteiger partial charge in [0.25, 0.3) is 0 Å². The Morgan fingerprint density at radius 3 is 2.83 bits per heavy atom. The highest BCUT2D eigenvalue weighted by Gasteiger charge is 2.03. The Kier molecular flexibility index (Phi) is 4.56. The van der Waals surface area contributed by atoms with Gasteiger partial charge in [0.1, 0.15) is 5.75 Å². The minimum Gasteiger partial charge on any atom is -0.493 e. The summed E-state index contributed by atoms with van der Waals surface area (Å²) in [5, 5.41) is 13.0. The Morgan fingerprint density at radius 1 is 1.21 bits per heavy atom. The first kappa shape index (κ1) is 15.7. The van der Waals surface area contributed by atoms with Crippen molar-refractivity contribution in [2.24, 2.45) is 0 Å². The van der Waals surface area contributed by atoms with E-state index in [0.717, 1.165) is 22.9 Å². The molecule has 0 saturated carbocycles. The Hall–Kier alpha value is -3.15. The first-order valence-electron chi connectivity index (χ1n) is 7.57. The minimum absolute atomic E-state index is 0.0250. The average molecular weight is 323 g/mol. The van der Waals surface area contributed by atoms with E-state index in [1.807, 2.05) is 18.2 Å². The number of rotatable bonds is 5. The standard InChI is InChI=1S/C18H17N3O3/c1-12(22)19-9-8-13-2-5-16-14(10-13)3-7-18(21-16)24-15-4-6-17(23)20-11-15/h2-7,10-11H,8-9H2,1H3,(H,19,22)(H,20,23). The number of benzene rings is 1. The largest absolute Gasteiger partial charge is 0.493 e. The van der Waals surface area contributed by atoms with E-state index < -0.39 is 0 Å². The average Bonchev–Trinajstić information content (AvgIpc) is 2.57. The van der Waals surface area contributed by atoms with Crippen molar-refractivity contribution in [1.29, 1.82) is 0 Å². The quantitative estimate of drug-likeness (QED) is 0.754. The molecule has 3 rings (SSSR count). The van der Waals surface area contributed by atoms with Gasteiger partial charge in [0, 0.05) is 31.0 Å². The Morgan fingerprint density at radius 2 is 2.08 bits per heavy atom. The van der Waals surface area contributed by atoms with E-state index in [0.29, 0.717) is 18.2 Å². The molecule has 0 bridgehead atoms. The fraction of sp³-hybridized carbons (Fsp3) is 0.167. The molecular weight excluding hydrogens is 306 g/mol. The van der Waals surface area contributed by atoms with Crippen LogP contribution < -0.4 is 10.1 Å². The summed E-state index contributed by atoms with van der Waals surface area (Å²) in [6.07, 6.45) is 2.21. The second-order valence-electron chi connectivity index (χ2n) is 5.36. The van der Waals surface area contributed by atoms with Gasteiger partial charge in [0.15, 0.2) is 0 Å². The van der Waals surface area contributed by atoms with Crippen molar-refractivity contribution in [3.05, 3.63) is 54.2 Å². The molecule has 1 amide bonds. The van der Waals surface area contributed by atoms with Crippen molar-refractivity contribution in [2.75, 3.05) is 6.54 Å². The Balaban J connectivity index is 1.74. The monoisotopic (exact) mass is 323 g/mol. The molecule has 2 aromatic heterocycles. The van der Waals surface area contributed by atoms with Crippen LogP contribution >= 0.6 is 0 Å². The number of ether oxygens (including phenoxy) is 1. The fourth-order valence-electron chi connectivity index (χ4n) is 2.31. The van der Waals surface area contributed by atoms with Gasteiger partial charge in [0.2, 0.25) is 17.7 Å². The van der Waals surface area contributed by atoms with Crippen molar-refractivity contribution in [2.45, 2.75) is 13.3 Å². The summed E-state index contributed by atoms with van der Waals surface area (Å²) >= 11 is 0. The van der Waals surface area contributed by atoms with Crippen LogP contribution in [0.3, 0.4) is 0 Å². The Labute approximate surface area is 139 Å². The third-order valence-electron chi connectivity index (χ3n) is 3.46. The predicted molar refractivity (Wildman–Crippen MR) is 90.1 cm³/mol. The molecule has 2 N–H and O–H groups in total. The highest BCUT2D eigenvalue weighted by Crippen LogP contribution is 2.23. The zero-order valence-electron chi connectivity index (χ0n) is 13.2. The summed E-state index contributed by atoms with van der Waals surface area (Å²) in [5.41, 5.74) is 1.96. The molecule has 0 aliphatic rings. The summed E-state index contributed by atoms with van der Waals surface area (Å²) in [6.45, 7) is 2.12. The number of nitrogens with zero attached hydrogens (tertiary/aromatic N) is 2. The zero-order chi connectivity index (χ0) is 16.9. The number of hydrogen-bond acceptors (Lipinski definition) is 5. The maximum atomic E-state index is 10.9. The third kappa shape index (κ3) is 3.98. The number of pyridine rings is 2. The molecule has 0 aliphatic carbocycles. The fourth-order valence-corrected chi connectivity index (χ4v) is 2.31. The summed E-state index contributed by atoms with van der Waals surface area (Å²) in [4.78, 5) is 19.1. The molecule has 2 heterocycles. The molecule has 24 heavy (non-hydrogen) atoms. The summed E-state index contributed by atoms with van der Waals surface area (Å²) in [7, 11) is 0. The maximum Gasteiger partial charge on any atom is 0.219 e. The second kappa shape index (κ2) is 6.95. The van der Waals surface area contributed by atoms with Crippen LogP contribution in [0.5, 0.6) is 17.5 Å². The number of carbonyl (C=O) groups is 1.